The maximum atomic E-state index is 3.62. The van der Waals surface area contributed by atoms with E-state index >= 15 is 0 Å². The zero-order chi connectivity index (χ0) is 31.1. The Labute approximate surface area is 269 Å². The second-order valence-electron chi connectivity index (χ2n) is 15.8. The van der Waals surface area contributed by atoms with Gasteiger partial charge in [0, 0.05) is 24.5 Å². The molecule has 0 saturated carbocycles. The molecule has 232 valence electrons. The van der Waals surface area contributed by atoms with E-state index in [0.717, 1.165) is 39.5 Å². The van der Waals surface area contributed by atoms with E-state index < -0.39 is 0 Å². The molecule has 0 amide bonds. The Morgan fingerprint density at radius 3 is 1.24 bits per heavy atom. The van der Waals surface area contributed by atoms with E-state index in [0.29, 0.717) is 0 Å². The van der Waals surface area contributed by atoms with Gasteiger partial charge in [-0.15, -0.1) is 0 Å². The minimum Gasteiger partial charge on any atom is -0.359 e. The number of fused-ring (bicyclic) bond motifs is 10. The molecule has 2 aliphatic carbocycles. The van der Waals surface area contributed by atoms with Crippen molar-refractivity contribution >= 4 is 11.4 Å². The number of hydrogen-bond acceptors (Lipinski definition) is 4. The molecule has 0 atom stereocenters. The first-order valence-electron chi connectivity index (χ1n) is 17.1. The van der Waals surface area contributed by atoms with Gasteiger partial charge in [0.25, 0.3) is 0 Å². The molecule has 4 heteroatoms. The minimum absolute atomic E-state index is 0.0501. The number of nitrogens with one attached hydrogen (secondary N) is 2. The van der Waals surface area contributed by atoms with Crippen LogP contribution in [-0.4, -0.2) is 39.5 Å². The Hall–Kier alpha value is -3.60. The summed E-state index contributed by atoms with van der Waals surface area (Å²) in [5.41, 5.74) is 16.4. The van der Waals surface area contributed by atoms with E-state index in [1.165, 1.54) is 79.9 Å². The average molecular weight is 597 g/mol. The van der Waals surface area contributed by atoms with E-state index in [4.69, 9.17) is 0 Å². The zero-order valence-electron chi connectivity index (χ0n) is 28.0. The first-order chi connectivity index (χ1) is 21.6. The van der Waals surface area contributed by atoms with Gasteiger partial charge < -0.3 is 9.80 Å². The summed E-state index contributed by atoms with van der Waals surface area (Å²) in [6.07, 6.45) is 2.34. The van der Waals surface area contributed by atoms with Crippen molar-refractivity contribution in [2.45, 2.75) is 70.6 Å². The third kappa shape index (κ3) is 4.40. The van der Waals surface area contributed by atoms with Gasteiger partial charge in [-0.05, 0) is 117 Å². The van der Waals surface area contributed by atoms with Gasteiger partial charge in [0.2, 0.25) is 0 Å². The average Bonchev–Trinajstić information content (AvgIpc) is 3.50. The van der Waals surface area contributed by atoms with Crippen molar-refractivity contribution in [2.24, 2.45) is 0 Å². The second kappa shape index (κ2) is 10.2. The lowest BCUT2D eigenvalue weighted by atomic mass is 9.68. The maximum Gasteiger partial charge on any atom is 0.0727 e. The molecule has 0 unspecified atom stereocenters. The molecule has 0 radical (unpaired) electrons. The van der Waals surface area contributed by atoms with E-state index in [-0.39, 0.29) is 16.2 Å². The Balaban J connectivity index is 1.47. The smallest absolute Gasteiger partial charge is 0.0727 e. The van der Waals surface area contributed by atoms with Crippen molar-refractivity contribution in [1.82, 2.24) is 10.6 Å². The first-order valence-corrected chi connectivity index (χ1v) is 17.1. The molecule has 2 heterocycles. The van der Waals surface area contributed by atoms with Gasteiger partial charge in [0.05, 0.1) is 18.8 Å². The fourth-order valence-corrected chi connectivity index (χ4v) is 8.35. The third-order valence-corrected chi connectivity index (χ3v) is 10.9. The molecule has 0 bridgehead atoms. The summed E-state index contributed by atoms with van der Waals surface area (Å²) < 4.78 is 0. The summed E-state index contributed by atoms with van der Waals surface area (Å²) in [5, 5.41) is 7.23. The topological polar surface area (TPSA) is 30.5 Å². The lowest BCUT2D eigenvalue weighted by Crippen LogP contribution is -2.41. The lowest BCUT2D eigenvalue weighted by molar-refractivity contribution is 0.552. The van der Waals surface area contributed by atoms with Crippen LogP contribution in [0.1, 0.15) is 87.8 Å². The molecule has 2 fully saturated rings. The molecule has 2 N–H and O–H groups in total. The molecular formula is C41H48N4. The fraction of sp³-hybridized carbons (Fsp3) is 0.415. The van der Waals surface area contributed by atoms with E-state index in [1.807, 2.05) is 0 Å². The van der Waals surface area contributed by atoms with Crippen LogP contribution in [0.5, 0.6) is 0 Å². The van der Waals surface area contributed by atoms with E-state index in [2.05, 4.69) is 135 Å². The summed E-state index contributed by atoms with van der Waals surface area (Å²) in [7, 11) is 0. The SMILES string of the molecule is CC(C)(C)c1ccc2c(c1)C1(c3cc(N4CCCNC4)ccc3-c3ccc(N4CCCNC4)cc31)c1cc(C(C)(C)C)ccc1-2. The van der Waals surface area contributed by atoms with Crippen LogP contribution in [0, 0.1) is 0 Å². The quantitative estimate of drug-likeness (QED) is 0.211. The summed E-state index contributed by atoms with van der Waals surface area (Å²) in [4.78, 5) is 5.05. The predicted molar refractivity (Wildman–Crippen MR) is 190 cm³/mol. The molecule has 4 nitrogen and oxygen atoms in total. The lowest BCUT2D eigenvalue weighted by Gasteiger charge is -2.35. The number of anilines is 2. The second-order valence-corrected chi connectivity index (χ2v) is 15.8. The molecule has 2 saturated heterocycles. The monoisotopic (exact) mass is 596 g/mol. The first kappa shape index (κ1) is 28.8. The Morgan fingerprint density at radius 2 is 0.889 bits per heavy atom. The zero-order valence-corrected chi connectivity index (χ0v) is 28.0. The van der Waals surface area contributed by atoms with Crippen molar-refractivity contribution in [3.05, 3.63) is 106 Å². The van der Waals surface area contributed by atoms with Gasteiger partial charge in [-0.3, -0.25) is 10.6 Å². The van der Waals surface area contributed by atoms with Gasteiger partial charge in [0.1, 0.15) is 0 Å². The highest BCUT2D eigenvalue weighted by atomic mass is 15.2. The fourth-order valence-electron chi connectivity index (χ4n) is 8.35. The molecule has 2 aliphatic heterocycles. The van der Waals surface area contributed by atoms with Crippen LogP contribution in [0.4, 0.5) is 11.4 Å². The summed E-state index contributed by atoms with van der Waals surface area (Å²) in [5.74, 6) is 0. The molecule has 4 aromatic carbocycles. The van der Waals surface area contributed by atoms with Crippen LogP contribution in [0.25, 0.3) is 22.3 Å². The summed E-state index contributed by atoms with van der Waals surface area (Å²) >= 11 is 0. The van der Waals surface area contributed by atoms with E-state index in [1.54, 1.807) is 0 Å². The van der Waals surface area contributed by atoms with Gasteiger partial charge in [-0.2, -0.15) is 0 Å². The van der Waals surface area contributed by atoms with Gasteiger partial charge in [-0.1, -0.05) is 90.1 Å². The summed E-state index contributed by atoms with van der Waals surface area (Å²) in [6, 6.07) is 29.4. The van der Waals surface area contributed by atoms with E-state index in [9.17, 15) is 0 Å². The number of rotatable bonds is 2. The standard InChI is InChI=1S/C41H48N4/c1-39(2,3)27-9-13-31-32-14-10-28(40(4,5)6)22-36(32)41(35(31)21-27)37-23-29(44-19-7-17-42-25-44)11-15-33(37)34-16-12-30(24-38(34)41)45-20-8-18-43-26-45/h9-16,21-24,42-43H,7-8,17-20,25-26H2,1-6H3. The Morgan fingerprint density at radius 1 is 0.511 bits per heavy atom. The Kier molecular flexibility index (Phi) is 6.54. The largest absolute Gasteiger partial charge is 0.359 e. The van der Waals surface area contributed by atoms with Crippen LogP contribution in [0.2, 0.25) is 0 Å². The van der Waals surface area contributed by atoms with Gasteiger partial charge >= 0.3 is 0 Å². The molecule has 8 rings (SSSR count). The van der Waals surface area contributed by atoms with Crippen molar-refractivity contribution in [1.29, 1.82) is 0 Å². The predicted octanol–water partition coefficient (Wildman–Crippen LogP) is 8.14. The summed E-state index contributed by atoms with van der Waals surface area (Å²) in [6.45, 7) is 20.3. The highest BCUT2D eigenvalue weighted by Gasteiger charge is 2.52. The normalized spacial score (nSPS) is 18.5. The third-order valence-electron chi connectivity index (χ3n) is 10.9. The Bertz CT molecular complexity index is 1660. The van der Waals surface area contributed by atoms with Gasteiger partial charge in [-0.25, -0.2) is 0 Å². The van der Waals surface area contributed by atoms with Crippen molar-refractivity contribution < 1.29 is 0 Å². The highest BCUT2D eigenvalue weighted by Crippen LogP contribution is 2.64. The van der Waals surface area contributed by atoms with Crippen LogP contribution in [0.3, 0.4) is 0 Å². The number of benzene rings is 4. The minimum atomic E-state index is -0.379. The molecule has 45 heavy (non-hydrogen) atoms. The van der Waals surface area contributed by atoms with Crippen molar-refractivity contribution in [3.8, 4) is 22.3 Å². The van der Waals surface area contributed by atoms with Crippen LogP contribution in [0.15, 0.2) is 72.8 Å². The highest BCUT2D eigenvalue weighted by molar-refractivity contribution is 5.96. The molecule has 4 aromatic rings. The van der Waals surface area contributed by atoms with Crippen LogP contribution >= 0.6 is 0 Å². The number of hydrogen-bond donors (Lipinski definition) is 2. The van der Waals surface area contributed by atoms with Crippen LogP contribution < -0.4 is 20.4 Å². The maximum absolute atomic E-state index is 3.62. The number of nitrogens with zero attached hydrogens (tertiary/aromatic N) is 2. The van der Waals surface area contributed by atoms with Crippen LogP contribution in [-0.2, 0) is 16.2 Å². The molecule has 0 aromatic heterocycles. The molecule has 4 aliphatic rings. The molecular weight excluding hydrogens is 548 g/mol. The molecule has 1 spiro atoms. The van der Waals surface area contributed by atoms with Gasteiger partial charge in [0.15, 0.2) is 0 Å². The van der Waals surface area contributed by atoms with Crippen molar-refractivity contribution in [3.63, 3.8) is 0 Å². The van der Waals surface area contributed by atoms with Crippen molar-refractivity contribution in [2.75, 3.05) is 49.3 Å².